The SMILES string of the molecule is CC(=O)OC[C@@H](OC(C)=O)[C@@H](OC(C)=O)[C@H](OC(C)=O)[C@H](N)O. The molecular weight excluding hydrogens is 314 g/mol. The van der Waals surface area contributed by atoms with Crippen molar-refractivity contribution in [1.29, 1.82) is 0 Å². The minimum absolute atomic E-state index is 0.489. The summed E-state index contributed by atoms with van der Waals surface area (Å²) in [6.07, 6.45) is -6.07. The molecule has 0 aliphatic carbocycles. The van der Waals surface area contributed by atoms with Crippen molar-refractivity contribution < 1.29 is 43.2 Å². The summed E-state index contributed by atoms with van der Waals surface area (Å²) in [5.74, 6) is -3.08. The summed E-state index contributed by atoms with van der Waals surface area (Å²) in [5.41, 5.74) is 5.32. The zero-order valence-electron chi connectivity index (χ0n) is 13.3. The molecule has 0 unspecified atom stereocenters. The predicted molar refractivity (Wildman–Crippen MR) is 73.5 cm³/mol. The first-order valence-corrected chi connectivity index (χ1v) is 6.63. The maximum atomic E-state index is 11.3. The molecule has 10 nitrogen and oxygen atoms in total. The Bertz CT molecular complexity index is 449. The zero-order valence-corrected chi connectivity index (χ0v) is 13.3. The number of esters is 4. The molecule has 0 bridgehead atoms. The van der Waals surface area contributed by atoms with Crippen molar-refractivity contribution in [3.63, 3.8) is 0 Å². The van der Waals surface area contributed by atoms with Gasteiger partial charge in [0.15, 0.2) is 18.3 Å². The van der Waals surface area contributed by atoms with E-state index in [9.17, 15) is 24.3 Å². The zero-order chi connectivity index (χ0) is 18.2. The van der Waals surface area contributed by atoms with E-state index in [0.717, 1.165) is 27.7 Å². The number of ether oxygens (including phenoxy) is 4. The summed E-state index contributed by atoms with van der Waals surface area (Å²) in [7, 11) is 0. The maximum Gasteiger partial charge on any atom is 0.303 e. The molecule has 10 heteroatoms. The van der Waals surface area contributed by atoms with E-state index in [4.69, 9.17) is 24.7 Å². The first-order chi connectivity index (χ1) is 10.5. The average Bonchev–Trinajstić information content (AvgIpc) is 2.37. The molecule has 0 saturated carbocycles. The van der Waals surface area contributed by atoms with Crippen LogP contribution < -0.4 is 5.73 Å². The number of aliphatic hydroxyl groups excluding tert-OH is 1. The molecule has 0 radical (unpaired) electrons. The molecule has 0 saturated heterocycles. The Hall–Kier alpha value is -2.20. The largest absolute Gasteiger partial charge is 0.462 e. The Morgan fingerprint density at radius 1 is 0.826 bits per heavy atom. The van der Waals surface area contributed by atoms with E-state index in [0.29, 0.717) is 0 Å². The van der Waals surface area contributed by atoms with Gasteiger partial charge in [0.2, 0.25) is 0 Å². The van der Waals surface area contributed by atoms with Gasteiger partial charge in [-0.2, -0.15) is 0 Å². The van der Waals surface area contributed by atoms with E-state index in [-0.39, 0.29) is 0 Å². The van der Waals surface area contributed by atoms with Gasteiger partial charge in [0.25, 0.3) is 0 Å². The Kier molecular flexibility index (Phi) is 8.81. The summed E-state index contributed by atoms with van der Waals surface area (Å²) in [5, 5.41) is 9.57. The molecule has 0 spiro atoms. The minimum atomic E-state index is -1.74. The van der Waals surface area contributed by atoms with Crippen LogP contribution >= 0.6 is 0 Å². The summed E-state index contributed by atoms with van der Waals surface area (Å²) in [4.78, 5) is 44.5. The first kappa shape index (κ1) is 20.8. The molecule has 0 fully saturated rings. The fourth-order valence-corrected chi connectivity index (χ4v) is 1.68. The van der Waals surface area contributed by atoms with Crippen molar-refractivity contribution in [3.8, 4) is 0 Å². The van der Waals surface area contributed by atoms with E-state index in [2.05, 4.69) is 0 Å². The van der Waals surface area contributed by atoms with Gasteiger partial charge in [-0.1, -0.05) is 0 Å². The molecule has 132 valence electrons. The summed E-state index contributed by atoms with van der Waals surface area (Å²) < 4.78 is 19.4. The lowest BCUT2D eigenvalue weighted by Gasteiger charge is -2.32. The molecule has 23 heavy (non-hydrogen) atoms. The second-order valence-corrected chi connectivity index (χ2v) is 4.59. The molecule has 0 aromatic carbocycles. The molecule has 4 atom stereocenters. The Morgan fingerprint density at radius 3 is 1.61 bits per heavy atom. The number of aliphatic hydroxyl groups is 1. The highest BCUT2D eigenvalue weighted by Crippen LogP contribution is 2.16. The van der Waals surface area contributed by atoms with Crippen LogP contribution in [0.3, 0.4) is 0 Å². The fourth-order valence-electron chi connectivity index (χ4n) is 1.68. The highest BCUT2D eigenvalue weighted by atomic mass is 16.6. The van der Waals surface area contributed by atoms with Gasteiger partial charge in [-0.05, 0) is 0 Å². The van der Waals surface area contributed by atoms with E-state index in [1.54, 1.807) is 0 Å². The van der Waals surface area contributed by atoms with Gasteiger partial charge in [-0.3, -0.25) is 19.2 Å². The lowest BCUT2D eigenvalue weighted by atomic mass is 10.1. The van der Waals surface area contributed by atoms with E-state index in [1.807, 2.05) is 0 Å². The lowest BCUT2D eigenvalue weighted by Crippen LogP contribution is -2.54. The van der Waals surface area contributed by atoms with Crippen LogP contribution in [0, 0.1) is 0 Å². The number of carbonyl (C=O) groups excluding carboxylic acids is 4. The van der Waals surface area contributed by atoms with Crippen molar-refractivity contribution in [1.82, 2.24) is 0 Å². The van der Waals surface area contributed by atoms with Gasteiger partial charge in [0.05, 0.1) is 0 Å². The van der Waals surface area contributed by atoms with Gasteiger partial charge >= 0.3 is 23.9 Å². The van der Waals surface area contributed by atoms with Crippen LogP contribution in [0.1, 0.15) is 27.7 Å². The standard InChI is InChI=1S/C13H21NO9/c1-6(15)20-5-10(21-7(2)16)11(22-8(3)17)12(13(14)19)23-9(4)18/h10-13,19H,5,14H2,1-4H3/t10-,11-,12+,13-/m1/s1. The highest BCUT2D eigenvalue weighted by Gasteiger charge is 2.40. The average molecular weight is 335 g/mol. The third-order valence-corrected chi connectivity index (χ3v) is 2.40. The number of rotatable bonds is 8. The smallest absolute Gasteiger partial charge is 0.303 e. The van der Waals surface area contributed by atoms with Crippen LogP contribution in [0.4, 0.5) is 0 Å². The van der Waals surface area contributed by atoms with Gasteiger partial charge < -0.3 is 29.8 Å². The van der Waals surface area contributed by atoms with E-state index >= 15 is 0 Å². The van der Waals surface area contributed by atoms with Crippen molar-refractivity contribution >= 4 is 23.9 Å². The molecule has 0 rings (SSSR count). The Labute approximate surface area is 132 Å². The summed E-state index contributed by atoms with van der Waals surface area (Å²) in [6, 6.07) is 0. The third kappa shape index (κ3) is 8.73. The molecule has 0 aromatic heterocycles. The van der Waals surface area contributed by atoms with Gasteiger partial charge in [-0.25, -0.2) is 0 Å². The summed E-state index contributed by atoms with van der Waals surface area (Å²) in [6.45, 7) is 3.81. The normalized spacial score (nSPS) is 15.6. The molecular formula is C13H21NO9. The molecule has 0 heterocycles. The van der Waals surface area contributed by atoms with Crippen molar-refractivity contribution in [2.24, 2.45) is 5.73 Å². The monoisotopic (exact) mass is 335 g/mol. The number of nitrogens with two attached hydrogens (primary N) is 1. The predicted octanol–water partition coefficient (Wildman–Crippen LogP) is -1.38. The topological polar surface area (TPSA) is 151 Å². The van der Waals surface area contributed by atoms with Crippen molar-refractivity contribution in [3.05, 3.63) is 0 Å². The first-order valence-electron chi connectivity index (χ1n) is 6.63. The highest BCUT2D eigenvalue weighted by molar-refractivity contribution is 5.68. The van der Waals surface area contributed by atoms with E-state index in [1.165, 1.54) is 0 Å². The van der Waals surface area contributed by atoms with Crippen LogP contribution in [0.25, 0.3) is 0 Å². The molecule has 0 aliphatic heterocycles. The number of hydrogen-bond acceptors (Lipinski definition) is 10. The van der Waals surface area contributed by atoms with Crippen LogP contribution in [-0.2, 0) is 38.1 Å². The van der Waals surface area contributed by atoms with Crippen LogP contribution in [0.15, 0.2) is 0 Å². The maximum absolute atomic E-state index is 11.3. The van der Waals surface area contributed by atoms with Crippen LogP contribution in [-0.4, -0.2) is 60.1 Å². The quantitative estimate of drug-likeness (QED) is 0.308. The van der Waals surface area contributed by atoms with Crippen molar-refractivity contribution in [2.75, 3.05) is 6.61 Å². The Balaban J connectivity index is 5.51. The van der Waals surface area contributed by atoms with Crippen LogP contribution in [0.2, 0.25) is 0 Å². The van der Waals surface area contributed by atoms with Crippen molar-refractivity contribution in [2.45, 2.75) is 52.2 Å². The molecule has 0 amide bonds. The Morgan fingerprint density at radius 2 is 1.26 bits per heavy atom. The lowest BCUT2D eigenvalue weighted by molar-refractivity contribution is -0.197. The molecule has 0 aliphatic rings. The number of carbonyl (C=O) groups is 4. The minimum Gasteiger partial charge on any atom is -0.462 e. The summed E-state index contributed by atoms with van der Waals surface area (Å²) >= 11 is 0. The second kappa shape index (κ2) is 9.74. The third-order valence-electron chi connectivity index (χ3n) is 2.40. The van der Waals surface area contributed by atoms with Gasteiger partial charge in [-0.15, -0.1) is 0 Å². The van der Waals surface area contributed by atoms with Gasteiger partial charge in [0.1, 0.15) is 12.8 Å². The number of hydrogen-bond donors (Lipinski definition) is 2. The molecule has 0 aromatic rings. The van der Waals surface area contributed by atoms with Gasteiger partial charge in [0, 0.05) is 27.7 Å². The fraction of sp³-hybridized carbons (Fsp3) is 0.692. The second-order valence-electron chi connectivity index (χ2n) is 4.59. The molecule has 3 N–H and O–H groups in total. The van der Waals surface area contributed by atoms with E-state index < -0.39 is 55.0 Å². The van der Waals surface area contributed by atoms with Crippen LogP contribution in [0.5, 0.6) is 0 Å².